The molecule has 0 aromatic heterocycles. The zero-order valence-electron chi connectivity index (χ0n) is 14.4. The van der Waals surface area contributed by atoms with Crippen molar-refractivity contribution in [3.05, 3.63) is 51.5 Å². The molecule has 0 N–H and O–H groups in total. The summed E-state index contributed by atoms with van der Waals surface area (Å²) < 4.78 is 23.6. The summed E-state index contributed by atoms with van der Waals surface area (Å²) in [6, 6.07) is 8.26. The van der Waals surface area contributed by atoms with Gasteiger partial charge >= 0.3 is 6.80 Å². The minimum atomic E-state index is -3.45. The molecule has 138 valence electrons. The standard InChI is InChI=1S/C18H17Cl2O4PS/c1-4-10(2)26-25(22,23-3)24-17-9-15-14(8-16(17)20)13-7-11(19)5-6-12(13)18(15)21/h5-10H,4H2,1-3H3. The minimum Gasteiger partial charge on any atom is -0.415 e. The van der Waals surface area contributed by atoms with Crippen molar-refractivity contribution < 1.29 is 18.4 Å². The normalized spacial score (nSPS) is 16.0. The maximum absolute atomic E-state index is 12.9. The lowest BCUT2D eigenvalue weighted by atomic mass is 10.1. The molecule has 0 bridgehead atoms. The molecule has 2 unspecified atom stereocenters. The first-order chi connectivity index (χ1) is 12.3. The van der Waals surface area contributed by atoms with Crippen LogP contribution in [-0.2, 0) is 9.09 Å². The summed E-state index contributed by atoms with van der Waals surface area (Å²) in [6.07, 6.45) is 0.813. The number of rotatable bonds is 6. The van der Waals surface area contributed by atoms with E-state index in [1.807, 2.05) is 13.8 Å². The summed E-state index contributed by atoms with van der Waals surface area (Å²) in [6.45, 7) is 0.477. The zero-order chi connectivity index (χ0) is 19.1. The van der Waals surface area contributed by atoms with Crippen molar-refractivity contribution in [1.29, 1.82) is 0 Å². The van der Waals surface area contributed by atoms with Crippen LogP contribution >= 0.6 is 41.4 Å². The van der Waals surface area contributed by atoms with E-state index in [9.17, 15) is 9.36 Å². The number of hydrogen-bond acceptors (Lipinski definition) is 5. The molecule has 26 heavy (non-hydrogen) atoms. The average molecular weight is 431 g/mol. The Kier molecular flexibility index (Phi) is 5.76. The van der Waals surface area contributed by atoms with Gasteiger partial charge in [0.05, 0.1) is 5.02 Å². The van der Waals surface area contributed by atoms with Crippen molar-refractivity contribution in [2.24, 2.45) is 0 Å². The van der Waals surface area contributed by atoms with Crippen LogP contribution in [0.3, 0.4) is 0 Å². The second-order valence-corrected chi connectivity index (χ2v) is 11.2. The van der Waals surface area contributed by atoms with E-state index in [0.717, 1.165) is 23.4 Å². The molecule has 0 heterocycles. The van der Waals surface area contributed by atoms with Gasteiger partial charge in [0.1, 0.15) is 5.75 Å². The van der Waals surface area contributed by atoms with Crippen LogP contribution in [0.1, 0.15) is 36.2 Å². The molecule has 0 amide bonds. The van der Waals surface area contributed by atoms with E-state index in [-0.39, 0.29) is 21.8 Å². The van der Waals surface area contributed by atoms with Crippen molar-refractivity contribution in [2.75, 3.05) is 7.11 Å². The molecular weight excluding hydrogens is 414 g/mol. The van der Waals surface area contributed by atoms with Crippen molar-refractivity contribution in [1.82, 2.24) is 0 Å². The number of halogens is 2. The Hall–Kier alpha value is -0.970. The van der Waals surface area contributed by atoms with E-state index in [1.54, 1.807) is 24.3 Å². The number of fused-ring (bicyclic) bond motifs is 3. The van der Waals surface area contributed by atoms with Gasteiger partial charge in [-0.2, -0.15) is 0 Å². The van der Waals surface area contributed by atoms with E-state index in [2.05, 4.69) is 0 Å². The fraction of sp³-hybridized carbons (Fsp3) is 0.278. The molecule has 8 heteroatoms. The van der Waals surface area contributed by atoms with Gasteiger partial charge in [0, 0.05) is 28.5 Å². The van der Waals surface area contributed by atoms with Gasteiger partial charge < -0.3 is 4.52 Å². The second kappa shape index (κ2) is 7.57. The van der Waals surface area contributed by atoms with Gasteiger partial charge in [0.25, 0.3) is 0 Å². The predicted octanol–water partition coefficient (Wildman–Crippen LogP) is 6.87. The van der Waals surface area contributed by atoms with Crippen LogP contribution < -0.4 is 4.52 Å². The highest BCUT2D eigenvalue weighted by Gasteiger charge is 2.32. The maximum Gasteiger partial charge on any atom is 0.440 e. The fourth-order valence-corrected chi connectivity index (χ4v) is 6.64. The van der Waals surface area contributed by atoms with Gasteiger partial charge in [0.15, 0.2) is 5.78 Å². The van der Waals surface area contributed by atoms with E-state index in [0.29, 0.717) is 21.7 Å². The molecule has 0 fully saturated rings. The van der Waals surface area contributed by atoms with Gasteiger partial charge in [-0.1, -0.05) is 37.0 Å². The molecule has 0 radical (unpaired) electrons. The Labute approximate surface area is 166 Å². The molecule has 2 aromatic carbocycles. The van der Waals surface area contributed by atoms with Crippen LogP contribution in [0.5, 0.6) is 5.75 Å². The quantitative estimate of drug-likeness (QED) is 0.399. The average Bonchev–Trinajstić information content (AvgIpc) is 2.86. The van der Waals surface area contributed by atoms with Gasteiger partial charge in [-0.3, -0.25) is 9.32 Å². The Morgan fingerprint density at radius 2 is 1.81 bits per heavy atom. The first kappa shape index (κ1) is 19.8. The highest BCUT2D eigenvalue weighted by molar-refractivity contribution is 8.55. The summed E-state index contributed by atoms with van der Waals surface area (Å²) in [7, 11) is 1.33. The Morgan fingerprint density at radius 3 is 2.46 bits per heavy atom. The second-order valence-electron chi connectivity index (χ2n) is 5.89. The van der Waals surface area contributed by atoms with Gasteiger partial charge in [0.2, 0.25) is 0 Å². The molecule has 2 aromatic rings. The SMILES string of the molecule is CCC(C)SP(=O)(OC)Oc1cc2c(cc1Cl)-c1cc(Cl)ccc1C2=O. The smallest absolute Gasteiger partial charge is 0.415 e. The summed E-state index contributed by atoms with van der Waals surface area (Å²) in [5.41, 5.74) is 2.42. The first-order valence-corrected chi connectivity index (χ1v) is 11.8. The number of carbonyl (C=O) groups excluding carboxylic acids is 1. The molecule has 2 atom stereocenters. The molecule has 0 saturated carbocycles. The zero-order valence-corrected chi connectivity index (χ0v) is 17.6. The fourth-order valence-electron chi connectivity index (χ4n) is 2.63. The lowest BCUT2D eigenvalue weighted by Crippen LogP contribution is -2.00. The van der Waals surface area contributed by atoms with Gasteiger partial charge in [-0.25, -0.2) is 4.57 Å². The third-order valence-corrected chi connectivity index (χ3v) is 9.03. The third kappa shape index (κ3) is 3.69. The lowest BCUT2D eigenvalue weighted by molar-refractivity contribution is 0.104. The molecular formula is C18H17Cl2O4PS. The van der Waals surface area contributed by atoms with Gasteiger partial charge in [-0.05, 0) is 59.3 Å². The van der Waals surface area contributed by atoms with Crippen molar-refractivity contribution in [2.45, 2.75) is 25.5 Å². The molecule has 1 aliphatic rings. The number of ketones is 1. The van der Waals surface area contributed by atoms with E-state index in [1.165, 1.54) is 13.2 Å². The molecule has 0 aliphatic heterocycles. The van der Waals surface area contributed by atoms with Crippen LogP contribution in [0.15, 0.2) is 30.3 Å². The highest BCUT2D eigenvalue weighted by Crippen LogP contribution is 2.62. The van der Waals surface area contributed by atoms with Crippen LogP contribution in [0.2, 0.25) is 10.0 Å². The molecule has 3 rings (SSSR count). The largest absolute Gasteiger partial charge is 0.440 e. The minimum absolute atomic E-state index is 0.0852. The third-order valence-electron chi connectivity index (χ3n) is 4.15. The summed E-state index contributed by atoms with van der Waals surface area (Å²) >= 11 is 13.5. The van der Waals surface area contributed by atoms with Crippen LogP contribution in [0.25, 0.3) is 11.1 Å². The maximum atomic E-state index is 12.9. The summed E-state index contributed by atoms with van der Waals surface area (Å²) in [5, 5.41) is 0.878. The van der Waals surface area contributed by atoms with Crippen molar-refractivity contribution in [3.63, 3.8) is 0 Å². The Balaban J connectivity index is 2.00. The topological polar surface area (TPSA) is 52.6 Å². The summed E-state index contributed by atoms with van der Waals surface area (Å²) in [4.78, 5) is 12.7. The molecule has 1 aliphatic carbocycles. The number of carbonyl (C=O) groups is 1. The first-order valence-electron chi connectivity index (χ1n) is 8.00. The van der Waals surface area contributed by atoms with Crippen molar-refractivity contribution >= 4 is 47.2 Å². The van der Waals surface area contributed by atoms with E-state index in [4.69, 9.17) is 32.2 Å². The van der Waals surface area contributed by atoms with Gasteiger partial charge in [-0.15, -0.1) is 0 Å². The van der Waals surface area contributed by atoms with Crippen LogP contribution in [0.4, 0.5) is 0 Å². The lowest BCUT2D eigenvalue weighted by Gasteiger charge is -2.20. The number of benzene rings is 2. The summed E-state index contributed by atoms with van der Waals surface area (Å²) in [5.74, 6) is 0.0219. The molecule has 0 spiro atoms. The van der Waals surface area contributed by atoms with Crippen LogP contribution in [0, 0.1) is 0 Å². The Bertz CT molecular complexity index is 932. The van der Waals surface area contributed by atoms with Crippen molar-refractivity contribution in [3.8, 4) is 16.9 Å². The van der Waals surface area contributed by atoms with E-state index < -0.39 is 6.80 Å². The Morgan fingerprint density at radius 1 is 1.12 bits per heavy atom. The molecule has 0 saturated heterocycles. The van der Waals surface area contributed by atoms with Crippen LogP contribution in [-0.4, -0.2) is 18.1 Å². The monoisotopic (exact) mass is 430 g/mol. The highest BCUT2D eigenvalue weighted by atomic mass is 35.5. The van der Waals surface area contributed by atoms with E-state index >= 15 is 0 Å². The molecule has 4 nitrogen and oxygen atoms in total. The predicted molar refractivity (Wildman–Crippen MR) is 108 cm³/mol. The number of hydrogen-bond donors (Lipinski definition) is 0.